The fourth-order valence-corrected chi connectivity index (χ4v) is 4.86. The van der Waals surface area contributed by atoms with E-state index in [0.717, 1.165) is 24.2 Å². The van der Waals surface area contributed by atoms with E-state index in [9.17, 15) is 13.2 Å². The second kappa shape index (κ2) is 7.33. The first-order valence-corrected chi connectivity index (χ1v) is 9.95. The van der Waals surface area contributed by atoms with Crippen LogP contribution in [0.5, 0.6) is 0 Å². The number of nitrogens with one attached hydrogen (secondary N) is 1. The molecule has 3 rings (SSSR count). The van der Waals surface area contributed by atoms with Crippen molar-refractivity contribution in [1.29, 1.82) is 0 Å². The molecule has 2 aromatic carbocycles. The van der Waals surface area contributed by atoms with E-state index in [4.69, 9.17) is 23.2 Å². The van der Waals surface area contributed by atoms with Crippen LogP contribution in [0.3, 0.4) is 0 Å². The normalized spacial score (nSPS) is 15.0. The monoisotopic (exact) mass is 398 g/mol. The van der Waals surface area contributed by atoms with Gasteiger partial charge in [0.15, 0.2) is 0 Å². The molecule has 0 spiro atoms. The van der Waals surface area contributed by atoms with Gasteiger partial charge in [-0.1, -0.05) is 41.4 Å². The molecule has 1 amide bonds. The third-order valence-electron chi connectivity index (χ3n) is 3.98. The lowest BCUT2D eigenvalue weighted by Crippen LogP contribution is -2.25. The zero-order chi connectivity index (χ0) is 18.0. The van der Waals surface area contributed by atoms with Gasteiger partial charge in [0.2, 0.25) is 15.9 Å². The average molecular weight is 399 g/mol. The van der Waals surface area contributed by atoms with Crippen molar-refractivity contribution in [2.24, 2.45) is 0 Å². The first kappa shape index (κ1) is 18.2. The molecule has 1 heterocycles. The zero-order valence-corrected chi connectivity index (χ0v) is 15.5. The molecule has 0 aliphatic carbocycles. The van der Waals surface area contributed by atoms with E-state index in [0.29, 0.717) is 6.42 Å². The minimum Gasteiger partial charge on any atom is -0.312 e. The highest BCUT2D eigenvalue weighted by Gasteiger charge is 2.22. The summed E-state index contributed by atoms with van der Waals surface area (Å²) in [6, 6.07) is 11.7. The summed E-state index contributed by atoms with van der Waals surface area (Å²) in [5.74, 6) is 0.113. The Morgan fingerprint density at radius 2 is 1.68 bits per heavy atom. The largest absolute Gasteiger partial charge is 0.312 e. The van der Waals surface area contributed by atoms with E-state index in [-0.39, 0.29) is 27.4 Å². The molecule has 132 valence electrons. The van der Waals surface area contributed by atoms with Gasteiger partial charge in [-0.2, -0.15) is 0 Å². The molecule has 0 radical (unpaired) electrons. The number of rotatable bonds is 5. The zero-order valence-electron chi connectivity index (χ0n) is 13.2. The molecule has 0 bridgehead atoms. The Bertz CT molecular complexity index is 878. The Morgan fingerprint density at radius 3 is 2.24 bits per heavy atom. The number of anilines is 1. The second-order valence-corrected chi connectivity index (χ2v) is 8.21. The molecule has 0 aromatic heterocycles. The molecule has 1 saturated heterocycles. The number of nitrogens with zero attached hydrogens (tertiary/aromatic N) is 1. The third kappa shape index (κ3) is 3.98. The molecule has 1 aliphatic rings. The minimum absolute atomic E-state index is 0.0721. The molecule has 1 aliphatic heterocycles. The smallest absolute Gasteiger partial charge is 0.243 e. The predicted octanol–water partition coefficient (Wildman–Crippen LogP) is 3.60. The second-order valence-electron chi connectivity index (χ2n) is 5.69. The van der Waals surface area contributed by atoms with E-state index in [1.807, 2.05) is 12.1 Å². The Kier molecular flexibility index (Phi) is 5.34. The fraction of sp³-hybridized carbons (Fsp3) is 0.235. The Morgan fingerprint density at radius 1 is 1.04 bits per heavy atom. The summed E-state index contributed by atoms with van der Waals surface area (Å²) in [4.78, 5) is 13.4. The number of benzene rings is 2. The molecule has 25 heavy (non-hydrogen) atoms. The van der Waals surface area contributed by atoms with Crippen LogP contribution in [0.4, 0.5) is 5.69 Å². The summed E-state index contributed by atoms with van der Waals surface area (Å²) in [6.45, 7) is 0.813. The third-order valence-corrected chi connectivity index (χ3v) is 6.33. The van der Waals surface area contributed by atoms with Crippen molar-refractivity contribution >= 4 is 44.8 Å². The van der Waals surface area contributed by atoms with E-state index in [2.05, 4.69) is 4.72 Å². The molecular weight excluding hydrogens is 383 g/mol. The van der Waals surface area contributed by atoms with Crippen molar-refractivity contribution in [2.45, 2.75) is 24.3 Å². The van der Waals surface area contributed by atoms with Crippen LogP contribution in [0.15, 0.2) is 47.4 Å². The van der Waals surface area contributed by atoms with Crippen molar-refractivity contribution < 1.29 is 13.2 Å². The van der Waals surface area contributed by atoms with Crippen molar-refractivity contribution in [3.8, 4) is 0 Å². The van der Waals surface area contributed by atoms with Gasteiger partial charge < -0.3 is 4.90 Å². The van der Waals surface area contributed by atoms with Gasteiger partial charge in [0, 0.05) is 25.2 Å². The van der Waals surface area contributed by atoms with Gasteiger partial charge in [-0.25, -0.2) is 13.1 Å². The van der Waals surface area contributed by atoms with Crippen LogP contribution in [-0.4, -0.2) is 20.9 Å². The highest BCUT2D eigenvalue weighted by molar-refractivity contribution is 7.89. The summed E-state index contributed by atoms with van der Waals surface area (Å²) < 4.78 is 27.4. The van der Waals surface area contributed by atoms with Gasteiger partial charge in [-0.3, -0.25) is 4.79 Å². The van der Waals surface area contributed by atoms with Gasteiger partial charge in [0.25, 0.3) is 0 Å². The number of hydrogen-bond donors (Lipinski definition) is 1. The van der Waals surface area contributed by atoms with Crippen LogP contribution in [-0.2, 0) is 21.4 Å². The molecule has 1 N–H and O–H groups in total. The summed E-state index contributed by atoms with van der Waals surface area (Å²) in [7, 11) is -3.83. The summed E-state index contributed by atoms with van der Waals surface area (Å²) in [5, 5.41) is 0.144. The van der Waals surface area contributed by atoms with E-state index < -0.39 is 10.0 Å². The lowest BCUT2D eigenvalue weighted by molar-refractivity contribution is -0.117. The van der Waals surface area contributed by atoms with Crippen LogP contribution in [0, 0.1) is 0 Å². The molecule has 2 aromatic rings. The van der Waals surface area contributed by atoms with Gasteiger partial charge in [-0.15, -0.1) is 0 Å². The van der Waals surface area contributed by atoms with Gasteiger partial charge >= 0.3 is 0 Å². The molecule has 8 heteroatoms. The number of hydrogen-bond acceptors (Lipinski definition) is 3. The maximum atomic E-state index is 12.4. The Hall–Kier alpha value is -1.60. The topological polar surface area (TPSA) is 66.5 Å². The fourth-order valence-electron chi connectivity index (χ4n) is 2.70. The number of halogens is 2. The van der Waals surface area contributed by atoms with E-state index in [1.165, 1.54) is 12.1 Å². The average Bonchev–Trinajstić information content (AvgIpc) is 2.99. The van der Waals surface area contributed by atoms with Crippen molar-refractivity contribution in [1.82, 2.24) is 4.72 Å². The Labute approximate surface area is 156 Å². The number of carbonyl (C=O) groups is 1. The maximum Gasteiger partial charge on any atom is 0.243 e. The lowest BCUT2D eigenvalue weighted by Gasteiger charge is -2.16. The van der Waals surface area contributed by atoms with Crippen LogP contribution in [0.2, 0.25) is 10.0 Å². The Balaban J connectivity index is 1.72. The molecule has 0 saturated carbocycles. The standard InChI is InChI=1S/C17H16Cl2N2O3S/c18-14-3-1-4-15(19)17(14)25(23,24)20-11-12-6-8-13(9-7-12)21-10-2-5-16(21)22/h1,3-4,6-9,20H,2,5,10-11H2. The van der Waals surface area contributed by atoms with Gasteiger partial charge in [-0.05, 0) is 36.2 Å². The summed E-state index contributed by atoms with van der Waals surface area (Å²) >= 11 is 11.9. The van der Waals surface area contributed by atoms with Crippen LogP contribution >= 0.6 is 23.2 Å². The van der Waals surface area contributed by atoms with Crippen molar-refractivity contribution in [3.05, 3.63) is 58.1 Å². The SMILES string of the molecule is O=C1CCCN1c1ccc(CNS(=O)(=O)c2c(Cl)cccc2Cl)cc1. The lowest BCUT2D eigenvalue weighted by atomic mass is 10.2. The highest BCUT2D eigenvalue weighted by atomic mass is 35.5. The first-order chi connectivity index (χ1) is 11.9. The van der Waals surface area contributed by atoms with E-state index in [1.54, 1.807) is 23.1 Å². The highest BCUT2D eigenvalue weighted by Crippen LogP contribution is 2.29. The van der Waals surface area contributed by atoms with Crippen molar-refractivity contribution in [2.75, 3.05) is 11.4 Å². The molecular formula is C17H16Cl2N2O3S. The quantitative estimate of drug-likeness (QED) is 0.836. The van der Waals surface area contributed by atoms with Crippen LogP contribution in [0.1, 0.15) is 18.4 Å². The molecule has 0 atom stereocenters. The molecule has 5 nitrogen and oxygen atoms in total. The predicted molar refractivity (Wildman–Crippen MR) is 98.5 cm³/mol. The first-order valence-electron chi connectivity index (χ1n) is 7.71. The number of amides is 1. The van der Waals surface area contributed by atoms with E-state index >= 15 is 0 Å². The van der Waals surface area contributed by atoms with Crippen LogP contribution in [0.25, 0.3) is 0 Å². The van der Waals surface area contributed by atoms with Crippen LogP contribution < -0.4 is 9.62 Å². The molecule has 0 unspecified atom stereocenters. The summed E-state index contributed by atoms with van der Waals surface area (Å²) in [5.41, 5.74) is 1.59. The van der Waals surface area contributed by atoms with Crippen molar-refractivity contribution in [3.63, 3.8) is 0 Å². The maximum absolute atomic E-state index is 12.4. The molecule has 1 fully saturated rings. The summed E-state index contributed by atoms with van der Waals surface area (Å²) in [6.07, 6.45) is 1.43. The van der Waals surface area contributed by atoms with Gasteiger partial charge in [0.1, 0.15) is 4.90 Å². The number of sulfonamides is 1. The minimum atomic E-state index is -3.83. The van der Waals surface area contributed by atoms with Gasteiger partial charge in [0.05, 0.1) is 10.0 Å². The number of carbonyl (C=O) groups excluding carboxylic acids is 1.